The number of hydrogen-bond acceptors (Lipinski definition) is 4. The first kappa shape index (κ1) is 13.9. The van der Waals surface area contributed by atoms with Crippen LogP contribution in [0.25, 0.3) is 0 Å². The molecule has 1 aromatic rings. The molecule has 4 nitrogen and oxygen atoms in total. The Bertz CT molecular complexity index is 317. The molecule has 0 fully saturated rings. The highest BCUT2D eigenvalue weighted by Crippen LogP contribution is 2.08. The van der Waals surface area contributed by atoms with Crippen LogP contribution in [-0.4, -0.2) is 28.2 Å². The Labute approximate surface area is 103 Å². The monoisotopic (exact) mass is 237 g/mol. The van der Waals surface area contributed by atoms with E-state index >= 15 is 0 Å². The average molecular weight is 237 g/mol. The van der Waals surface area contributed by atoms with Gasteiger partial charge in [0.25, 0.3) is 0 Å². The van der Waals surface area contributed by atoms with Crippen molar-refractivity contribution >= 4 is 5.82 Å². The number of aromatic nitrogens is 2. The van der Waals surface area contributed by atoms with Crippen LogP contribution in [-0.2, 0) is 6.42 Å². The molecule has 0 amide bonds. The maximum atomic E-state index is 8.91. The summed E-state index contributed by atoms with van der Waals surface area (Å²) in [5, 5.41) is 12.2. The number of anilines is 1. The standard InChI is InChI=1S/C13H23N3O/c1-3-5-12-8-13(16-10-15-12)14-7-4-6-11(2)9-17/h8,10-11,17H,3-7,9H2,1-2H3,(H,14,15,16). The predicted molar refractivity (Wildman–Crippen MR) is 70.0 cm³/mol. The summed E-state index contributed by atoms with van der Waals surface area (Å²) in [6, 6.07) is 2.01. The third-order valence-corrected chi connectivity index (χ3v) is 2.72. The molecule has 1 heterocycles. The molecular formula is C13H23N3O. The zero-order chi connectivity index (χ0) is 12.5. The van der Waals surface area contributed by atoms with E-state index in [2.05, 4.69) is 29.1 Å². The molecule has 17 heavy (non-hydrogen) atoms. The van der Waals surface area contributed by atoms with E-state index in [9.17, 15) is 0 Å². The van der Waals surface area contributed by atoms with Crippen LogP contribution in [0.2, 0.25) is 0 Å². The number of aliphatic hydroxyl groups is 1. The minimum Gasteiger partial charge on any atom is -0.396 e. The summed E-state index contributed by atoms with van der Waals surface area (Å²) in [5.41, 5.74) is 1.09. The molecule has 0 aliphatic rings. The lowest BCUT2D eigenvalue weighted by molar-refractivity contribution is 0.229. The molecule has 0 bridgehead atoms. The molecule has 2 N–H and O–H groups in total. The van der Waals surface area contributed by atoms with Crippen molar-refractivity contribution in [3.63, 3.8) is 0 Å². The summed E-state index contributed by atoms with van der Waals surface area (Å²) >= 11 is 0. The van der Waals surface area contributed by atoms with Crippen molar-refractivity contribution in [1.29, 1.82) is 0 Å². The molecule has 0 aliphatic heterocycles. The molecular weight excluding hydrogens is 214 g/mol. The summed E-state index contributed by atoms with van der Waals surface area (Å²) < 4.78 is 0. The van der Waals surface area contributed by atoms with Crippen LogP contribution in [0.4, 0.5) is 5.82 Å². The van der Waals surface area contributed by atoms with Gasteiger partial charge in [0.05, 0.1) is 0 Å². The Balaban J connectivity index is 2.28. The molecule has 96 valence electrons. The molecule has 0 aromatic carbocycles. The minimum atomic E-state index is 0.272. The fourth-order valence-electron chi connectivity index (χ4n) is 1.65. The summed E-state index contributed by atoms with van der Waals surface area (Å²) in [6.45, 7) is 5.37. The van der Waals surface area contributed by atoms with Gasteiger partial charge in [-0.15, -0.1) is 0 Å². The smallest absolute Gasteiger partial charge is 0.129 e. The Morgan fingerprint density at radius 3 is 2.94 bits per heavy atom. The highest BCUT2D eigenvalue weighted by Gasteiger charge is 2.00. The fraction of sp³-hybridized carbons (Fsp3) is 0.692. The van der Waals surface area contributed by atoms with Gasteiger partial charge < -0.3 is 10.4 Å². The summed E-state index contributed by atoms with van der Waals surface area (Å²) in [5.74, 6) is 1.29. The van der Waals surface area contributed by atoms with Crippen molar-refractivity contribution in [2.75, 3.05) is 18.5 Å². The maximum Gasteiger partial charge on any atom is 0.129 e. The van der Waals surface area contributed by atoms with Crippen LogP contribution in [0, 0.1) is 5.92 Å². The molecule has 0 saturated carbocycles. The summed E-state index contributed by atoms with van der Waals surface area (Å²) in [6.07, 6.45) is 5.80. The maximum absolute atomic E-state index is 8.91. The van der Waals surface area contributed by atoms with E-state index in [-0.39, 0.29) is 6.61 Å². The number of aryl methyl sites for hydroxylation is 1. The van der Waals surface area contributed by atoms with Gasteiger partial charge in [0, 0.05) is 24.9 Å². The number of aliphatic hydroxyl groups excluding tert-OH is 1. The molecule has 1 rings (SSSR count). The van der Waals surface area contributed by atoms with Crippen LogP contribution in [0.3, 0.4) is 0 Å². The number of rotatable bonds is 8. The number of hydrogen-bond donors (Lipinski definition) is 2. The normalized spacial score (nSPS) is 12.4. The molecule has 0 saturated heterocycles. The Kier molecular flexibility index (Phi) is 6.55. The topological polar surface area (TPSA) is 58.0 Å². The Morgan fingerprint density at radius 1 is 1.41 bits per heavy atom. The Morgan fingerprint density at radius 2 is 2.24 bits per heavy atom. The van der Waals surface area contributed by atoms with E-state index in [1.807, 2.05) is 6.07 Å². The molecule has 0 spiro atoms. The highest BCUT2D eigenvalue weighted by molar-refractivity contribution is 5.34. The van der Waals surface area contributed by atoms with E-state index in [0.29, 0.717) is 5.92 Å². The predicted octanol–water partition coefficient (Wildman–Crippen LogP) is 2.25. The summed E-state index contributed by atoms with van der Waals surface area (Å²) in [4.78, 5) is 8.40. The van der Waals surface area contributed by atoms with Crippen molar-refractivity contribution in [1.82, 2.24) is 9.97 Å². The number of nitrogens with one attached hydrogen (secondary N) is 1. The number of nitrogens with zero attached hydrogens (tertiary/aromatic N) is 2. The van der Waals surface area contributed by atoms with E-state index < -0.39 is 0 Å². The van der Waals surface area contributed by atoms with Crippen molar-refractivity contribution in [2.45, 2.75) is 39.5 Å². The van der Waals surface area contributed by atoms with Gasteiger partial charge in [0.2, 0.25) is 0 Å². The first-order chi connectivity index (χ1) is 8.26. The second-order valence-electron chi connectivity index (χ2n) is 4.50. The second-order valence-corrected chi connectivity index (χ2v) is 4.50. The van der Waals surface area contributed by atoms with Crippen LogP contribution in [0.5, 0.6) is 0 Å². The average Bonchev–Trinajstić information content (AvgIpc) is 2.35. The zero-order valence-electron chi connectivity index (χ0n) is 10.8. The van der Waals surface area contributed by atoms with Crippen LogP contribution in [0.15, 0.2) is 12.4 Å². The van der Waals surface area contributed by atoms with Gasteiger partial charge >= 0.3 is 0 Å². The zero-order valence-corrected chi connectivity index (χ0v) is 10.8. The van der Waals surface area contributed by atoms with Gasteiger partial charge in [-0.05, 0) is 25.2 Å². The van der Waals surface area contributed by atoms with Crippen LogP contribution < -0.4 is 5.32 Å². The van der Waals surface area contributed by atoms with Gasteiger partial charge in [0.1, 0.15) is 12.1 Å². The van der Waals surface area contributed by atoms with E-state index in [4.69, 9.17) is 5.11 Å². The van der Waals surface area contributed by atoms with Gasteiger partial charge in [0.15, 0.2) is 0 Å². The molecule has 1 aromatic heterocycles. The van der Waals surface area contributed by atoms with Crippen LogP contribution >= 0.6 is 0 Å². The molecule has 1 unspecified atom stereocenters. The quantitative estimate of drug-likeness (QED) is 0.681. The lowest BCUT2D eigenvalue weighted by atomic mass is 10.1. The first-order valence-electron chi connectivity index (χ1n) is 6.42. The molecule has 0 radical (unpaired) electrons. The fourth-order valence-corrected chi connectivity index (χ4v) is 1.65. The highest BCUT2D eigenvalue weighted by atomic mass is 16.3. The molecule has 4 heteroatoms. The molecule has 0 aliphatic carbocycles. The summed E-state index contributed by atoms with van der Waals surface area (Å²) in [7, 11) is 0. The van der Waals surface area contributed by atoms with Gasteiger partial charge in [-0.3, -0.25) is 0 Å². The van der Waals surface area contributed by atoms with Gasteiger partial charge in [-0.1, -0.05) is 20.3 Å². The first-order valence-corrected chi connectivity index (χ1v) is 6.42. The van der Waals surface area contributed by atoms with Crippen molar-refractivity contribution in [3.8, 4) is 0 Å². The van der Waals surface area contributed by atoms with Crippen LogP contribution in [0.1, 0.15) is 38.8 Å². The molecule has 1 atom stereocenters. The van der Waals surface area contributed by atoms with Crippen molar-refractivity contribution < 1.29 is 5.11 Å². The van der Waals surface area contributed by atoms with E-state index in [1.165, 1.54) is 0 Å². The van der Waals surface area contributed by atoms with E-state index in [0.717, 1.165) is 43.7 Å². The third kappa shape index (κ3) is 5.63. The lowest BCUT2D eigenvalue weighted by Crippen LogP contribution is -2.08. The van der Waals surface area contributed by atoms with Gasteiger partial charge in [-0.2, -0.15) is 0 Å². The van der Waals surface area contributed by atoms with Crippen molar-refractivity contribution in [3.05, 3.63) is 18.1 Å². The van der Waals surface area contributed by atoms with Crippen molar-refractivity contribution in [2.24, 2.45) is 5.92 Å². The third-order valence-electron chi connectivity index (χ3n) is 2.72. The second kappa shape index (κ2) is 8.01. The largest absolute Gasteiger partial charge is 0.396 e. The Hall–Kier alpha value is -1.16. The van der Waals surface area contributed by atoms with E-state index in [1.54, 1.807) is 6.33 Å². The lowest BCUT2D eigenvalue weighted by Gasteiger charge is -2.09. The van der Waals surface area contributed by atoms with Gasteiger partial charge in [-0.25, -0.2) is 9.97 Å². The SMILES string of the molecule is CCCc1cc(NCCCC(C)CO)ncn1. The minimum absolute atomic E-state index is 0.272.